The summed E-state index contributed by atoms with van der Waals surface area (Å²) < 4.78 is 0. The van der Waals surface area contributed by atoms with E-state index in [-0.39, 0.29) is 5.91 Å². The van der Waals surface area contributed by atoms with E-state index < -0.39 is 0 Å². The van der Waals surface area contributed by atoms with Gasteiger partial charge >= 0.3 is 0 Å². The molecule has 1 heterocycles. The third-order valence-corrected chi connectivity index (χ3v) is 5.18. The second-order valence-electron chi connectivity index (χ2n) is 5.32. The molecule has 2 aromatic rings. The molecule has 1 aromatic carbocycles. The molecule has 0 spiro atoms. The molecule has 1 aromatic heterocycles. The predicted octanol–water partition coefficient (Wildman–Crippen LogP) is 4.83. The van der Waals surface area contributed by atoms with Gasteiger partial charge in [-0.25, -0.2) is 4.98 Å². The number of fused-ring (bicyclic) bond motifs is 1. The number of nitrogens with one attached hydrogen (secondary N) is 1. The summed E-state index contributed by atoms with van der Waals surface area (Å²) in [6, 6.07) is 4.84. The van der Waals surface area contributed by atoms with Gasteiger partial charge in [0.1, 0.15) is 0 Å². The van der Waals surface area contributed by atoms with E-state index in [1.807, 2.05) is 0 Å². The van der Waals surface area contributed by atoms with E-state index in [9.17, 15) is 4.79 Å². The first-order valence-corrected chi connectivity index (χ1v) is 8.35. The Bertz CT molecular complexity index is 699. The van der Waals surface area contributed by atoms with Crippen molar-refractivity contribution >= 4 is 45.6 Å². The zero-order valence-corrected chi connectivity index (χ0v) is 13.8. The molecule has 0 aliphatic heterocycles. The van der Waals surface area contributed by atoms with E-state index in [1.165, 1.54) is 4.88 Å². The zero-order valence-electron chi connectivity index (χ0n) is 11.5. The van der Waals surface area contributed by atoms with Crippen LogP contribution in [0.25, 0.3) is 0 Å². The van der Waals surface area contributed by atoms with Gasteiger partial charge in [0.05, 0.1) is 16.3 Å². The monoisotopic (exact) mass is 340 g/mol. The number of nitrogens with zero attached hydrogens (tertiary/aromatic N) is 1. The number of carbonyl (C=O) groups excluding carboxylic acids is 1. The summed E-state index contributed by atoms with van der Waals surface area (Å²) in [5.41, 5.74) is 1.48. The van der Waals surface area contributed by atoms with Crippen molar-refractivity contribution in [2.75, 3.05) is 5.32 Å². The third kappa shape index (κ3) is 3.23. The van der Waals surface area contributed by atoms with Crippen LogP contribution in [0, 0.1) is 5.92 Å². The number of amides is 1. The Morgan fingerprint density at radius 3 is 3.05 bits per heavy atom. The topological polar surface area (TPSA) is 42.0 Å². The maximum atomic E-state index is 12.3. The number of thiazole rings is 1. The Morgan fingerprint density at radius 1 is 1.43 bits per heavy atom. The molecular formula is C15H14Cl2N2OS. The molecular weight excluding hydrogens is 327 g/mol. The summed E-state index contributed by atoms with van der Waals surface area (Å²) in [5, 5.41) is 4.32. The van der Waals surface area contributed by atoms with Crippen molar-refractivity contribution in [1.82, 2.24) is 4.98 Å². The first-order chi connectivity index (χ1) is 10.0. The molecule has 3 rings (SSSR count). The summed E-state index contributed by atoms with van der Waals surface area (Å²) in [4.78, 5) is 18.1. The van der Waals surface area contributed by atoms with Crippen LogP contribution in [-0.4, -0.2) is 10.9 Å². The number of aryl methyl sites for hydroxylation is 1. The van der Waals surface area contributed by atoms with Crippen LogP contribution >= 0.6 is 34.5 Å². The van der Waals surface area contributed by atoms with Crippen molar-refractivity contribution in [2.24, 2.45) is 5.92 Å². The fourth-order valence-electron chi connectivity index (χ4n) is 2.43. The van der Waals surface area contributed by atoms with Gasteiger partial charge in [0.25, 0.3) is 5.91 Å². The van der Waals surface area contributed by atoms with Gasteiger partial charge in [-0.3, -0.25) is 10.1 Å². The number of hydrogen-bond acceptors (Lipinski definition) is 3. The Hall–Kier alpha value is -1.10. The van der Waals surface area contributed by atoms with Gasteiger partial charge in [-0.15, -0.1) is 11.3 Å². The smallest absolute Gasteiger partial charge is 0.259 e. The number of benzene rings is 1. The van der Waals surface area contributed by atoms with Gasteiger partial charge in [-0.1, -0.05) is 30.1 Å². The molecule has 1 aliphatic rings. The van der Waals surface area contributed by atoms with E-state index in [2.05, 4.69) is 17.2 Å². The molecule has 3 nitrogen and oxygen atoms in total. The van der Waals surface area contributed by atoms with Gasteiger partial charge in [0, 0.05) is 9.90 Å². The second kappa shape index (κ2) is 5.95. The highest BCUT2D eigenvalue weighted by Gasteiger charge is 2.21. The molecule has 1 aliphatic carbocycles. The largest absolute Gasteiger partial charge is 0.298 e. The molecule has 0 saturated heterocycles. The fourth-order valence-corrected chi connectivity index (χ4v) is 3.97. The third-order valence-electron chi connectivity index (χ3n) is 3.58. The quantitative estimate of drug-likeness (QED) is 0.850. The summed E-state index contributed by atoms with van der Waals surface area (Å²) in [6.07, 6.45) is 3.19. The molecule has 1 N–H and O–H groups in total. The molecule has 0 fully saturated rings. The SMILES string of the molecule is CC1CCc2nc(NC(=O)c3cc(Cl)ccc3Cl)sc2C1. The average Bonchev–Trinajstić information content (AvgIpc) is 2.82. The maximum Gasteiger partial charge on any atom is 0.259 e. The first kappa shape index (κ1) is 14.8. The predicted molar refractivity (Wildman–Crippen MR) is 87.7 cm³/mol. The molecule has 110 valence electrons. The van der Waals surface area contributed by atoms with E-state index in [0.29, 0.717) is 26.7 Å². The molecule has 0 radical (unpaired) electrons. The number of halogens is 2. The molecule has 0 saturated carbocycles. The summed E-state index contributed by atoms with van der Waals surface area (Å²) in [7, 11) is 0. The molecule has 1 amide bonds. The first-order valence-electron chi connectivity index (χ1n) is 6.78. The van der Waals surface area contributed by atoms with Crippen LogP contribution in [0.1, 0.15) is 34.3 Å². The molecule has 1 unspecified atom stereocenters. The number of aromatic nitrogens is 1. The van der Waals surface area contributed by atoms with Crippen LogP contribution in [0.5, 0.6) is 0 Å². The lowest BCUT2D eigenvalue weighted by Crippen LogP contribution is -2.12. The lowest BCUT2D eigenvalue weighted by atomic mass is 9.93. The van der Waals surface area contributed by atoms with Gasteiger partial charge in [0.15, 0.2) is 5.13 Å². The molecule has 21 heavy (non-hydrogen) atoms. The number of rotatable bonds is 2. The van der Waals surface area contributed by atoms with Crippen LogP contribution in [0.15, 0.2) is 18.2 Å². The number of carbonyl (C=O) groups is 1. The standard InChI is InChI=1S/C15H14Cl2N2OS/c1-8-2-5-12-13(6-8)21-15(18-12)19-14(20)10-7-9(16)3-4-11(10)17/h3-4,7-8H,2,5-6H2,1H3,(H,18,19,20). The fraction of sp³-hybridized carbons (Fsp3) is 0.333. The minimum absolute atomic E-state index is 0.276. The van der Waals surface area contributed by atoms with Gasteiger partial charge < -0.3 is 0 Å². The van der Waals surface area contributed by atoms with Crippen LogP contribution in [-0.2, 0) is 12.8 Å². The molecule has 1 atom stereocenters. The van der Waals surface area contributed by atoms with Crippen molar-refractivity contribution in [3.8, 4) is 0 Å². The highest BCUT2D eigenvalue weighted by Crippen LogP contribution is 2.32. The average molecular weight is 341 g/mol. The van der Waals surface area contributed by atoms with Crippen LogP contribution in [0.3, 0.4) is 0 Å². The van der Waals surface area contributed by atoms with Crippen LogP contribution < -0.4 is 5.32 Å². The number of hydrogen-bond donors (Lipinski definition) is 1. The van der Waals surface area contributed by atoms with E-state index in [1.54, 1.807) is 29.5 Å². The van der Waals surface area contributed by atoms with Gasteiger partial charge in [-0.2, -0.15) is 0 Å². The Morgan fingerprint density at radius 2 is 2.24 bits per heavy atom. The lowest BCUT2D eigenvalue weighted by Gasteiger charge is -2.15. The highest BCUT2D eigenvalue weighted by atomic mass is 35.5. The summed E-state index contributed by atoms with van der Waals surface area (Å²) in [5.74, 6) is 0.408. The normalized spacial score (nSPS) is 17.4. The van der Waals surface area contributed by atoms with Gasteiger partial charge in [-0.05, 0) is 43.4 Å². The summed E-state index contributed by atoms with van der Waals surface area (Å²) >= 11 is 13.5. The molecule has 0 bridgehead atoms. The Kier molecular flexibility index (Phi) is 4.20. The Labute approximate surface area is 137 Å². The maximum absolute atomic E-state index is 12.3. The van der Waals surface area contributed by atoms with E-state index in [0.717, 1.165) is 25.0 Å². The van der Waals surface area contributed by atoms with Crippen molar-refractivity contribution in [3.05, 3.63) is 44.4 Å². The number of anilines is 1. The zero-order chi connectivity index (χ0) is 15.0. The summed E-state index contributed by atoms with van der Waals surface area (Å²) in [6.45, 7) is 2.24. The second-order valence-corrected chi connectivity index (χ2v) is 7.24. The highest BCUT2D eigenvalue weighted by molar-refractivity contribution is 7.15. The molecule has 6 heteroatoms. The minimum atomic E-state index is -0.276. The van der Waals surface area contributed by atoms with E-state index in [4.69, 9.17) is 23.2 Å². The van der Waals surface area contributed by atoms with Crippen molar-refractivity contribution in [3.63, 3.8) is 0 Å². The van der Waals surface area contributed by atoms with E-state index >= 15 is 0 Å². The van der Waals surface area contributed by atoms with Crippen molar-refractivity contribution < 1.29 is 4.79 Å². The minimum Gasteiger partial charge on any atom is -0.298 e. The lowest BCUT2D eigenvalue weighted by molar-refractivity contribution is 0.102. The van der Waals surface area contributed by atoms with Crippen molar-refractivity contribution in [2.45, 2.75) is 26.2 Å². The van der Waals surface area contributed by atoms with Gasteiger partial charge in [0.2, 0.25) is 0 Å². The van der Waals surface area contributed by atoms with Crippen molar-refractivity contribution in [1.29, 1.82) is 0 Å². The Balaban J connectivity index is 1.80. The van der Waals surface area contributed by atoms with Crippen LogP contribution in [0.2, 0.25) is 10.0 Å². The van der Waals surface area contributed by atoms with Crippen LogP contribution in [0.4, 0.5) is 5.13 Å².